The first-order valence-electron chi connectivity index (χ1n) is 4.92. The van der Waals surface area contributed by atoms with Gasteiger partial charge in [0.05, 0.1) is 5.69 Å². The van der Waals surface area contributed by atoms with Crippen molar-refractivity contribution in [2.75, 3.05) is 5.32 Å². The van der Waals surface area contributed by atoms with Crippen LogP contribution >= 0.6 is 0 Å². The van der Waals surface area contributed by atoms with Crippen LogP contribution in [0.4, 0.5) is 5.69 Å². The number of amides is 1. The fourth-order valence-electron chi connectivity index (χ4n) is 1.29. The fourth-order valence-corrected chi connectivity index (χ4v) is 1.29. The van der Waals surface area contributed by atoms with Crippen LogP contribution in [0.5, 0.6) is 0 Å². The molecule has 0 saturated heterocycles. The first-order valence-corrected chi connectivity index (χ1v) is 4.92. The highest BCUT2D eigenvalue weighted by Crippen LogP contribution is 2.20. The van der Waals surface area contributed by atoms with Gasteiger partial charge in [0.15, 0.2) is 5.82 Å². The Hall–Kier alpha value is -2.18. The summed E-state index contributed by atoms with van der Waals surface area (Å²) in [6, 6.07) is 0. The average molecular weight is 220 g/mol. The normalized spacial score (nSPS) is 10.4. The molecule has 0 aliphatic rings. The lowest BCUT2D eigenvalue weighted by molar-refractivity contribution is -0.115. The number of hydrogen-bond acceptors (Lipinski definition) is 4. The molecule has 0 spiro atoms. The van der Waals surface area contributed by atoms with Crippen molar-refractivity contribution >= 4 is 11.6 Å². The number of carbonyl (C=O) groups is 1. The molecule has 0 radical (unpaired) electrons. The third-order valence-corrected chi connectivity index (χ3v) is 2.18. The van der Waals surface area contributed by atoms with Gasteiger partial charge in [-0.3, -0.25) is 14.5 Å². The van der Waals surface area contributed by atoms with Gasteiger partial charge in [0, 0.05) is 6.42 Å². The van der Waals surface area contributed by atoms with E-state index in [4.69, 9.17) is 0 Å². The van der Waals surface area contributed by atoms with Crippen LogP contribution in [0.1, 0.15) is 19.0 Å². The predicted molar refractivity (Wildman–Crippen MR) is 57.2 cm³/mol. The minimum Gasteiger partial charge on any atom is -0.321 e. The number of nitrogens with one attached hydrogen (secondary N) is 2. The molecule has 1 amide bonds. The molecule has 84 valence electrons. The highest BCUT2D eigenvalue weighted by molar-refractivity contribution is 5.92. The molecule has 2 rings (SSSR count). The summed E-state index contributed by atoms with van der Waals surface area (Å²) >= 11 is 0. The standard InChI is InChI=1S/C9H12N6O/c1-3-7(16)12-8-6(2)13-14-9(8)15-4-10-11-5-15/h4-5H,3H2,1-2H3,(H,12,16)(H,13,14). The van der Waals surface area contributed by atoms with Gasteiger partial charge in [-0.15, -0.1) is 10.2 Å². The number of nitrogens with zero attached hydrogens (tertiary/aromatic N) is 4. The van der Waals surface area contributed by atoms with E-state index in [1.807, 2.05) is 6.92 Å². The second-order valence-electron chi connectivity index (χ2n) is 3.32. The van der Waals surface area contributed by atoms with Crippen LogP contribution in [0.2, 0.25) is 0 Å². The van der Waals surface area contributed by atoms with Crippen LogP contribution < -0.4 is 5.32 Å². The van der Waals surface area contributed by atoms with Gasteiger partial charge >= 0.3 is 0 Å². The third kappa shape index (κ3) is 1.79. The Morgan fingerprint density at radius 1 is 1.50 bits per heavy atom. The Labute approximate surface area is 91.9 Å². The zero-order chi connectivity index (χ0) is 11.5. The number of rotatable bonds is 3. The number of H-pyrrole nitrogens is 1. The van der Waals surface area contributed by atoms with Gasteiger partial charge in [-0.1, -0.05) is 6.92 Å². The Bertz CT molecular complexity index is 486. The van der Waals surface area contributed by atoms with Gasteiger partial charge in [-0.25, -0.2) is 0 Å². The van der Waals surface area contributed by atoms with Gasteiger partial charge in [-0.2, -0.15) is 5.10 Å². The summed E-state index contributed by atoms with van der Waals surface area (Å²) in [5.74, 6) is 0.531. The number of aryl methyl sites for hydroxylation is 1. The molecule has 0 aromatic carbocycles. The average Bonchev–Trinajstić information content (AvgIpc) is 2.89. The van der Waals surface area contributed by atoms with Crippen LogP contribution in [0, 0.1) is 6.92 Å². The molecule has 7 nitrogen and oxygen atoms in total. The minimum atomic E-state index is -0.0566. The minimum absolute atomic E-state index is 0.0566. The Kier molecular flexibility index (Phi) is 2.67. The van der Waals surface area contributed by atoms with Crippen molar-refractivity contribution in [1.29, 1.82) is 0 Å². The van der Waals surface area contributed by atoms with E-state index in [9.17, 15) is 4.79 Å². The summed E-state index contributed by atoms with van der Waals surface area (Å²) in [6.07, 6.45) is 3.47. The number of hydrogen-bond donors (Lipinski definition) is 2. The van der Waals surface area contributed by atoms with Gasteiger partial charge in [0.2, 0.25) is 5.91 Å². The third-order valence-electron chi connectivity index (χ3n) is 2.18. The van der Waals surface area contributed by atoms with Crippen LogP contribution in [0.25, 0.3) is 5.82 Å². The maximum atomic E-state index is 11.4. The number of aromatic nitrogens is 5. The second kappa shape index (κ2) is 4.13. The molecule has 0 unspecified atom stereocenters. The Morgan fingerprint density at radius 2 is 2.19 bits per heavy atom. The van der Waals surface area contributed by atoms with E-state index >= 15 is 0 Å². The zero-order valence-electron chi connectivity index (χ0n) is 9.06. The molecule has 0 atom stereocenters. The molecule has 2 aromatic heterocycles. The van der Waals surface area contributed by atoms with Crippen molar-refractivity contribution in [3.63, 3.8) is 0 Å². The first kappa shape index (κ1) is 10.3. The molecule has 2 aromatic rings. The van der Waals surface area contributed by atoms with Gasteiger partial charge in [0.25, 0.3) is 0 Å². The molecular formula is C9H12N6O. The molecule has 0 aliphatic carbocycles. The van der Waals surface area contributed by atoms with Crippen LogP contribution in [-0.2, 0) is 4.79 Å². The lowest BCUT2D eigenvalue weighted by Crippen LogP contribution is -2.11. The number of anilines is 1. The van der Waals surface area contributed by atoms with Crippen molar-refractivity contribution in [2.45, 2.75) is 20.3 Å². The summed E-state index contributed by atoms with van der Waals surface area (Å²) in [7, 11) is 0. The van der Waals surface area contributed by atoms with E-state index in [0.29, 0.717) is 17.9 Å². The summed E-state index contributed by atoms with van der Waals surface area (Å²) in [4.78, 5) is 11.4. The molecule has 2 N–H and O–H groups in total. The van der Waals surface area contributed by atoms with Crippen LogP contribution in [0.15, 0.2) is 12.7 Å². The first-order chi connectivity index (χ1) is 7.72. The van der Waals surface area contributed by atoms with Crippen LogP contribution in [0.3, 0.4) is 0 Å². The number of aromatic amines is 1. The highest BCUT2D eigenvalue weighted by Gasteiger charge is 2.13. The van der Waals surface area contributed by atoms with Crippen LogP contribution in [-0.4, -0.2) is 30.9 Å². The van der Waals surface area contributed by atoms with Gasteiger partial charge in [-0.05, 0) is 6.92 Å². The smallest absolute Gasteiger partial charge is 0.224 e. The maximum Gasteiger partial charge on any atom is 0.224 e. The van der Waals surface area contributed by atoms with E-state index in [1.54, 1.807) is 11.5 Å². The lowest BCUT2D eigenvalue weighted by Gasteiger charge is -2.04. The van der Waals surface area contributed by atoms with Crippen molar-refractivity contribution in [3.05, 3.63) is 18.3 Å². The fraction of sp³-hybridized carbons (Fsp3) is 0.333. The monoisotopic (exact) mass is 220 g/mol. The quantitative estimate of drug-likeness (QED) is 0.794. The topological polar surface area (TPSA) is 88.5 Å². The molecule has 0 aliphatic heterocycles. The predicted octanol–water partition coefficient (Wildman–Crippen LogP) is 0.647. The molecule has 0 fully saturated rings. The SMILES string of the molecule is CCC(=O)Nc1c(-n2cnnc2)n[nH]c1C. The molecular weight excluding hydrogens is 208 g/mol. The molecule has 16 heavy (non-hydrogen) atoms. The molecule has 0 saturated carbocycles. The van der Waals surface area contributed by atoms with Gasteiger partial charge in [0.1, 0.15) is 18.3 Å². The van der Waals surface area contributed by atoms with E-state index in [0.717, 1.165) is 5.69 Å². The van der Waals surface area contributed by atoms with E-state index in [1.165, 1.54) is 12.7 Å². The van der Waals surface area contributed by atoms with E-state index in [-0.39, 0.29) is 5.91 Å². The largest absolute Gasteiger partial charge is 0.321 e. The number of carbonyl (C=O) groups excluding carboxylic acids is 1. The van der Waals surface area contributed by atoms with Crippen molar-refractivity contribution in [2.24, 2.45) is 0 Å². The summed E-state index contributed by atoms with van der Waals surface area (Å²) in [6.45, 7) is 3.63. The lowest BCUT2D eigenvalue weighted by atomic mass is 10.3. The summed E-state index contributed by atoms with van der Waals surface area (Å²) in [5, 5.41) is 17.1. The maximum absolute atomic E-state index is 11.4. The Morgan fingerprint density at radius 3 is 2.81 bits per heavy atom. The molecule has 2 heterocycles. The van der Waals surface area contributed by atoms with Crippen molar-refractivity contribution in [3.8, 4) is 5.82 Å². The molecule has 7 heteroatoms. The van der Waals surface area contributed by atoms with Crippen molar-refractivity contribution in [1.82, 2.24) is 25.0 Å². The summed E-state index contributed by atoms with van der Waals surface area (Å²) in [5.41, 5.74) is 1.46. The molecule has 0 bridgehead atoms. The zero-order valence-corrected chi connectivity index (χ0v) is 9.06. The highest BCUT2D eigenvalue weighted by atomic mass is 16.1. The Balaban J connectivity index is 2.36. The second-order valence-corrected chi connectivity index (χ2v) is 3.32. The van der Waals surface area contributed by atoms with E-state index in [2.05, 4.69) is 25.7 Å². The summed E-state index contributed by atoms with van der Waals surface area (Å²) < 4.78 is 1.63. The van der Waals surface area contributed by atoms with Gasteiger partial charge < -0.3 is 5.32 Å². The van der Waals surface area contributed by atoms with Crippen molar-refractivity contribution < 1.29 is 4.79 Å². The van der Waals surface area contributed by atoms with E-state index < -0.39 is 0 Å².